The molecule has 0 atom stereocenters. The summed E-state index contributed by atoms with van der Waals surface area (Å²) >= 11 is 0. The summed E-state index contributed by atoms with van der Waals surface area (Å²) in [7, 11) is 1.74. The van der Waals surface area contributed by atoms with Gasteiger partial charge >= 0.3 is 0 Å². The number of furan rings is 1. The van der Waals surface area contributed by atoms with Crippen LogP contribution in [0.1, 0.15) is 21.7 Å². The maximum Gasteiger partial charge on any atom is 0.254 e. The quantitative estimate of drug-likeness (QED) is 0.844. The maximum atomic E-state index is 12.3. The summed E-state index contributed by atoms with van der Waals surface area (Å²) in [5, 5.41) is 0. The molecule has 0 fully saturated rings. The van der Waals surface area contributed by atoms with Crippen molar-refractivity contribution in [2.45, 2.75) is 13.5 Å². The second-order valence-corrected chi connectivity index (χ2v) is 4.31. The Balaban J connectivity index is 2.17. The number of hydrogen-bond donors (Lipinski definition) is 1. The van der Waals surface area contributed by atoms with E-state index in [2.05, 4.69) is 0 Å². The van der Waals surface area contributed by atoms with Crippen LogP contribution >= 0.6 is 0 Å². The Hall–Kier alpha value is -2.23. The van der Waals surface area contributed by atoms with Gasteiger partial charge in [0.05, 0.1) is 12.8 Å². The van der Waals surface area contributed by atoms with E-state index in [1.54, 1.807) is 36.4 Å². The molecule has 2 N–H and O–H groups in total. The van der Waals surface area contributed by atoms with E-state index in [-0.39, 0.29) is 5.91 Å². The zero-order valence-electron chi connectivity index (χ0n) is 10.5. The predicted molar refractivity (Wildman–Crippen MR) is 70.1 cm³/mol. The molecule has 1 amide bonds. The summed E-state index contributed by atoms with van der Waals surface area (Å²) in [6, 6.07) is 8.99. The van der Waals surface area contributed by atoms with Crippen LogP contribution in [0.5, 0.6) is 0 Å². The molecule has 18 heavy (non-hydrogen) atoms. The van der Waals surface area contributed by atoms with Crippen molar-refractivity contribution in [3.8, 4) is 0 Å². The number of rotatable bonds is 3. The number of anilines is 1. The van der Waals surface area contributed by atoms with Crippen molar-refractivity contribution in [2.75, 3.05) is 12.8 Å². The topological polar surface area (TPSA) is 59.5 Å². The highest BCUT2D eigenvalue weighted by Crippen LogP contribution is 2.16. The van der Waals surface area contributed by atoms with Gasteiger partial charge in [-0.05, 0) is 36.8 Å². The van der Waals surface area contributed by atoms with Crippen LogP contribution in [0.4, 0.5) is 5.69 Å². The standard InChI is InChI=1S/C14H16N2O2/c1-10-5-6-11(15)8-13(10)14(17)16(2)9-12-4-3-7-18-12/h3-8H,9,15H2,1-2H3. The number of benzene rings is 1. The lowest BCUT2D eigenvalue weighted by Gasteiger charge is -2.17. The van der Waals surface area contributed by atoms with Gasteiger partial charge in [-0.25, -0.2) is 0 Å². The Morgan fingerprint density at radius 3 is 2.83 bits per heavy atom. The molecule has 2 rings (SSSR count). The third kappa shape index (κ3) is 2.53. The highest BCUT2D eigenvalue weighted by molar-refractivity contribution is 5.96. The summed E-state index contributed by atoms with van der Waals surface area (Å²) in [5.74, 6) is 0.698. The van der Waals surface area contributed by atoms with Gasteiger partial charge in [-0.15, -0.1) is 0 Å². The molecule has 4 heteroatoms. The van der Waals surface area contributed by atoms with Crippen molar-refractivity contribution in [2.24, 2.45) is 0 Å². The van der Waals surface area contributed by atoms with Crippen LogP contribution in [0.3, 0.4) is 0 Å². The summed E-state index contributed by atoms with van der Waals surface area (Å²) in [4.78, 5) is 13.9. The van der Waals surface area contributed by atoms with Gasteiger partial charge in [-0.1, -0.05) is 6.07 Å². The minimum absolute atomic E-state index is 0.0591. The van der Waals surface area contributed by atoms with E-state index >= 15 is 0 Å². The molecule has 0 saturated heterocycles. The third-order valence-electron chi connectivity index (χ3n) is 2.81. The zero-order valence-corrected chi connectivity index (χ0v) is 10.5. The van der Waals surface area contributed by atoms with Gasteiger partial charge in [0, 0.05) is 18.3 Å². The second kappa shape index (κ2) is 4.96. The van der Waals surface area contributed by atoms with Crippen molar-refractivity contribution < 1.29 is 9.21 Å². The minimum Gasteiger partial charge on any atom is -0.467 e. The highest BCUT2D eigenvalue weighted by atomic mass is 16.3. The van der Waals surface area contributed by atoms with Crippen LogP contribution in [0, 0.1) is 6.92 Å². The van der Waals surface area contributed by atoms with E-state index in [4.69, 9.17) is 10.2 Å². The molecule has 1 aromatic heterocycles. The number of hydrogen-bond acceptors (Lipinski definition) is 3. The minimum atomic E-state index is -0.0591. The van der Waals surface area contributed by atoms with Crippen molar-refractivity contribution >= 4 is 11.6 Å². The Kier molecular flexibility index (Phi) is 3.37. The van der Waals surface area contributed by atoms with E-state index < -0.39 is 0 Å². The fraction of sp³-hybridized carbons (Fsp3) is 0.214. The van der Waals surface area contributed by atoms with Crippen LogP contribution in [0.15, 0.2) is 41.0 Å². The van der Waals surface area contributed by atoms with E-state index in [0.29, 0.717) is 17.8 Å². The van der Waals surface area contributed by atoms with E-state index in [1.165, 1.54) is 0 Å². The van der Waals surface area contributed by atoms with Crippen LogP contribution in [-0.2, 0) is 6.54 Å². The smallest absolute Gasteiger partial charge is 0.254 e. The van der Waals surface area contributed by atoms with Gasteiger partial charge < -0.3 is 15.1 Å². The van der Waals surface area contributed by atoms with Gasteiger partial charge in [-0.3, -0.25) is 4.79 Å². The molecule has 0 unspecified atom stereocenters. The lowest BCUT2D eigenvalue weighted by Crippen LogP contribution is -2.26. The van der Waals surface area contributed by atoms with Gasteiger partial charge in [0.25, 0.3) is 5.91 Å². The molecular formula is C14H16N2O2. The van der Waals surface area contributed by atoms with Crippen molar-refractivity contribution in [1.29, 1.82) is 0 Å². The molecule has 0 radical (unpaired) electrons. The monoisotopic (exact) mass is 244 g/mol. The highest BCUT2D eigenvalue weighted by Gasteiger charge is 2.15. The molecule has 0 bridgehead atoms. The Bertz CT molecular complexity index is 547. The van der Waals surface area contributed by atoms with Gasteiger partial charge in [-0.2, -0.15) is 0 Å². The van der Waals surface area contributed by atoms with Crippen LogP contribution in [0.2, 0.25) is 0 Å². The summed E-state index contributed by atoms with van der Waals surface area (Å²) in [6.07, 6.45) is 1.60. The number of carbonyl (C=O) groups excluding carboxylic acids is 1. The molecule has 1 heterocycles. The van der Waals surface area contributed by atoms with E-state index in [1.807, 2.05) is 19.1 Å². The molecular weight excluding hydrogens is 228 g/mol. The number of carbonyl (C=O) groups is 1. The predicted octanol–water partition coefficient (Wildman–Crippen LogP) is 2.44. The van der Waals surface area contributed by atoms with Crippen molar-refractivity contribution in [1.82, 2.24) is 4.90 Å². The number of nitrogen functional groups attached to an aromatic ring is 1. The van der Waals surface area contributed by atoms with E-state index in [9.17, 15) is 4.79 Å². The summed E-state index contributed by atoms with van der Waals surface area (Å²) in [6.45, 7) is 2.34. The maximum absolute atomic E-state index is 12.3. The summed E-state index contributed by atoms with van der Waals surface area (Å²) < 4.78 is 5.23. The molecule has 2 aromatic rings. The van der Waals surface area contributed by atoms with E-state index in [0.717, 1.165) is 11.3 Å². The third-order valence-corrected chi connectivity index (χ3v) is 2.81. The average Bonchev–Trinajstić information content (AvgIpc) is 2.84. The normalized spacial score (nSPS) is 10.3. The Labute approximate surface area is 106 Å². The first-order chi connectivity index (χ1) is 8.58. The molecule has 1 aromatic carbocycles. The first-order valence-corrected chi connectivity index (χ1v) is 5.72. The second-order valence-electron chi connectivity index (χ2n) is 4.31. The van der Waals surface area contributed by atoms with Crippen molar-refractivity contribution in [3.63, 3.8) is 0 Å². The van der Waals surface area contributed by atoms with Gasteiger partial charge in [0.2, 0.25) is 0 Å². The SMILES string of the molecule is Cc1ccc(N)cc1C(=O)N(C)Cc1ccco1. The van der Waals surface area contributed by atoms with Crippen LogP contribution in [0.25, 0.3) is 0 Å². The molecule has 0 spiro atoms. The Morgan fingerprint density at radius 1 is 1.39 bits per heavy atom. The molecule has 0 saturated carbocycles. The lowest BCUT2D eigenvalue weighted by molar-refractivity contribution is 0.0775. The average molecular weight is 244 g/mol. The van der Waals surface area contributed by atoms with Gasteiger partial charge in [0.15, 0.2) is 0 Å². The van der Waals surface area contributed by atoms with Crippen molar-refractivity contribution in [3.05, 3.63) is 53.5 Å². The number of nitrogens with zero attached hydrogens (tertiary/aromatic N) is 1. The molecule has 94 valence electrons. The largest absolute Gasteiger partial charge is 0.467 e. The lowest BCUT2D eigenvalue weighted by atomic mass is 10.1. The van der Waals surface area contributed by atoms with Gasteiger partial charge in [0.1, 0.15) is 5.76 Å². The fourth-order valence-corrected chi connectivity index (χ4v) is 1.78. The van der Waals surface area contributed by atoms with Crippen LogP contribution in [-0.4, -0.2) is 17.9 Å². The Morgan fingerprint density at radius 2 is 2.17 bits per heavy atom. The molecule has 0 aliphatic rings. The molecule has 0 aliphatic carbocycles. The number of aryl methyl sites for hydroxylation is 1. The number of nitrogens with two attached hydrogens (primary N) is 1. The molecule has 4 nitrogen and oxygen atoms in total. The zero-order chi connectivity index (χ0) is 13.1. The number of amides is 1. The molecule has 0 aliphatic heterocycles. The first kappa shape index (κ1) is 12.2. The van der Waals surface area contributed by atoms with Crippen LogP contribution < -0.4 is 5.73 Å². The summed E-state index contributed by atoms with van der Waals surface area (Å²) in [5.41, 5.74) is 7.85. The fourth-order valence-electron chi connectivity index (χ4n) is 1.78. The first-order valence-electron chi connectivity index (χ1n) is 5.72.